The minimum Gasteiger partial charge on any atom is -0.465 e. The Balaban J connectivity index is 0.00000176. The summed E-state index contributed by atoms with van der Waals surface area (Å²) < 4.78 is 5.22. The van der Waals surface area contributed by atoms with Crippen LogP contribution < -0.4 is 0 Å². The molecule has 3 heterocycles. The van der Waals surface area contributed by atoms with Crippen LogP contribution in [0.25, 0.3) is 6.08 Å². The van der Waals surface area contributed by atoms with Gasteiger partial charge in [-0.2, -0.15) is 0 Å². The van der Waals surface area contributed by atoms with Gasteiger partial charge in [0, 0.05) is 25.0 Å². The summed E-state index contributed by atoms with van der Waals surface area (Å²) in [7, 11) is 0. The number of hydrogen-bond donors (Lipinski definition) is 0. The molecule has 5 nitrogen and oxygen atoms in total. The summed E-state index contributed by atoms with van der Waals surface area (Å²) in [5.41, 5.74) is 1.11. The predicted octanol–water partition coefficient (Wildman–Crippen LogP) is 2.62. The third kappa shape index (κ3) is 3.62. The molecule has 116 valence electrons. The molecule has 0 aliphatic carbocycles. The largest absolute Gasteiger partial charge is 0.465 e. The Hall–Kier alpha value is -2.40. The van der Waals surface area contributed by atoms with Crippen molar-refractivity contribution in [2.24, 2.45) is 0 Å². The van der Waals surface area contributed by atoms with E-state index in [2.05, 4.69) is 4.98 Å². The molecular weight excluding hydrogens is 280 g/mol. The van der Waals surface area contributed by atoms with Crippen LogP contribution in [0, 0.1) is 0 Å². The maximum Gasteiger partial charge on any atom is 0.247 e. The first-order valence-corrected chi connectivity index (χ1v) is 7.27. The molecule has 0 bridgehead atoms. The van der Waals surface area contributed by atoms with E-state index in [1.165, 1.54) is 0 Å². The molecule has 1 fully saturated rings. The molecular formula is C17H20N2O3. The second-order valence-electron chi connectivity index (χ2n) is 5.18. The number of aromatic nitrogens is 1. The fourth-order valence-corrected chi connectivity index (χ4v) is 2.75. The molecule has 22 heavy (non-hydrogen) atoms. The molecule has 5 heteroatoms. The number of carbonyl (C=O) groups excluding carboxylic acids is 1. The highest BCUT2D eigenvalue weighted by Gasteiger charge is 2.26. The van der Waals surface area contributed by atoms with Crippen molar-refractivity contribution in [3.63, 3.8) is 0 Å². The van der Waals surface area contributed by atoms with Crippen molar-refractivity contribution < 1.29 is 14.7 Å². The zero-order chi connectivity index (χ0) is 14.5. The van der Waals surface area contributed by atoms with Crippen LogP contribution in [0.3, 0.4) is 0 Å². The molecule has 2 aromatic heterocycles. The summed E-state index contributed by atoms with van der Waals surface area (Å²) in [5.74, 6) is 0.721. The Bertz CT molecular complexity index is 608. The van der Waals surface area contributed by atoms with Gasteiger partial charge in [-0.25, -0.2) is 0 Å². The molecule has 2 aromatic rings. The van der Waals surface area contributed by atoms with Gasteiger partial charge in [-0.1, -0.05) is 6.07 Å². The average molecular weight is 300 g/mol. The van der Waals surface area contributed by atoms with Crippen LogP contribution >= 0.6 is 0 Å². The van der Waals surface area contributed by atoms with Crippen LogP contribution in [-0.2, 0) is 4.79 Å². The molecule has 0 radical (unpaired) electrons. The second kappa shape index (κ2) is 7.56. The molecule has 1 atom stereocenters. The topological polar surface area (TPSA) is 77.8 Å². The summed E-state index contributed by atoms with van der Waals surface area (Å²) >= 11 is 0. The first kappa shape index (κ1) is 16.0. The Morgan fingerprint density at radius 1 is 1.32 bits per heavy atom. The van der Waals surface area contributed by atoms with Gasteiger partial charge in [-0.15, -0.1) is 0 Å². The molecule has 3 rings (SSSR count). The third-order valence-corrected chi connectivity index (χ3v) is 3.79. The Morgan fingerprint density at radius 2 is 2.23 bits per heavy atom. The van der Waals surface area contributed by atoms with Gasteiger partial charge in [0.2, 0.25) is 5.91 Å². The van der Waals surface area contributed by atoms with Crippen molar-refractivity contribution in [1.29, 1.82) is 0 Å². The molecule has 2 N–H and O–H groups in total. The zero-order valence-corrected chi connectivity index (χ0v) is 12.3. The minimum absolute atomic E-state index is 0. The van der Waals surface area contributed by atoms with E-state index in [1.54, 1.807) is 24.6 Å². The average Bonchev–Trinajstić information content (AvgIpc) is 3.07. The van der Waals surface area contributed by atoms with Gasteiger partial charge < -0.3 is 14.8 Å². The molecule has 1 unspecified atom stereocenters. The molecule has 0 aromatic carbocycles. The highest BCUT2D eigenvalue weighted by atomic mass is 16.3. The van der Waals surface area contributed by atoms with Gasteiger partial charge in [-0.3, -0.25) is 9.78 Å². The number of likely N-dealkylation sites (tertiary alicyclic amines) is 1. The van der Waals surface area contributed by atoms with E-state index >= 15 is 0 Å². The van der Waals surface area contributed by atoms with Crippen molar-refractivity contribution in [2.45, 2.75) is 25.3 Å². The van der Waals surface area contributed by atoms with Gasteiger partial charge in [-0.05, 0) is 49.1 Å². The van der Waals surface area contributed by atoms with Crippen molar-refractivity contribution in [1.82, 2.24) is 9.88 Å². The fraction of sp³-hybridized carbons (Fsp3) is 0.294. The van der Waals surface area contributed by atoms with Crippen molar-refractivity contribution in [3.8, 4) is 0 Å². The first-order valence-electron chi connectivity index (χ1n) is 7.27. The van der Waals surface area contributed by atoms with Crippen LogP contribution in [-0.4, -0.2) is 27.8 Å². The van der Waals surface area contributed by atoms with E-state index in [-0.39, 0.29) is 17.4 Å². The van der Waals surface area contributed by atoms with Gasteiger partial charge >= 0.3 is 0 Å². The van der Waals surface area contributed by atoms with Crippen LogP contribution in [0.4, 0.5) is 0 Å². The summed E-state index contributed by atoms with van der Waals surface area (Å²) in [6, 6.07) is 7.73. The van der Waals surface area contributed by atoms with Crippen LogP contribution in [0.5, 0.6) is 0 Å². The Morgan fingerprint density at radius 3 is 2.95 bits per heavy atom. The Labute approximate surface area is 129 Å². The fourth-order valence-electron chi connectivity index (χ4n) is 2.75. The first-order chi connectivity index (χ1) is 10.3. The van der Waals surface area contributed by atoms with Gasteiger partial charge in [0.05, 0.1) is 12.3 Å². The maximum atomic E-state index is 12.5. The predicted molar refractivity (Wildman–Crippen MR) is 83.9 cm³/mol. The summed E-state index contributed by atoms with van der Waals surface area (Å²) in [5, 5.41) is 0. The van der Waals surface area contributed by atoms with E-state index in [4.69, 9.17) is 4.42 Å². The number of furan rings is 1. The smallest absolute Gasteiger partial charge is 0.247 e. The number of nitrogens with zero attached hydrogens (tertiary/aromatic N) is 2. The van der Waals surface area contributed by atoms with E-state index in [0.717, 1.165) is 31.4 Å². The SMILES string of the molecule is O.O=C(/C=C/c1ccco1)N1CCCCC1c1cccnc1. The van der Waals surface area contributed by atoms with Gasteiger partial charge in [0.1, 0.15) is 5.76 Å². The number of hydrogen-bond acceptors (Lipinski definition) is 3. The monoisotopic (exact) mass is 300 g/mol. The van der Waals surface area contributed by atoms with Crippen LogP contribution in [0.2, 0.25) is 0 Å². The van der Waals surface area contributed by atoms with Gasteiger partial charge in [0.25, 0.3) is 0 Å². The molecule has 0 spiro atoms. The molecule has 1 aliphatic rings. The van der Waals surface area contributed by atoms with Crippen molar-refractivity contribution in [2.75, 3.05) is 6.54 Å². The number of piperidine rings is 1. The van der Waals surface area contributed by atoms with E-state index < -0.39 is 0 Å². The lowest BCUT2D eigenvalue weighted by molar-refractivity contribution is -0.129. The molecule has 1 amide bonds. The number of pyridine rings is 1. The highest BCUT2D eigenvalue weighted by Crippen LogP contribution is 2.30. The molecule has 1 saturated heterocycles. The summed E-state index contributed by atoms with van der Waals surface area (Å²) in [4.78, 5) is 18.6. The number of rotatable bonds is 3. The lowest BCUT2D eigenvalue weighted by Gasteiger charge is -2.35. The zero-order valence-electron chi connectivity index (χ0n) is 12.3. The highest BCUT2D eigenvalue weighted by molar-refractivity contribution is 5.91. The van der Waals surface area contributed by atoms with Crippen molar-refractivity contribution in [3.05, 3.63) is 60.3 Å². The standard InChI is InChI=1S/C17H18N2O2.H2O/c20-17(9-8-15-6-4-12-21-15)19-11-2-1-7-16(19)14-5-3-10-18-13-14;/h3-6,8-10,12-13,16H,1-2,7,11H2;1H2/b9-8+;. The van der Waals surface area contributed by atoms with Crippen LogP contribution in [0.15, 0.2) is 53.4 Å². The third-order valence-electron chi connectivity index (χ3n) is 3.79. The molecule has 1 aliphatic heterocycles. The van der Waals surface area contributed by atoms with E-state index in [9.17, 15) is 4.79 Å². The lowest BCUT2D eigenvalue weighted by atomic mass is 9.96. The summed E-state index contributed by atoms with van der Waals surface area (Å²) in [6.45, 7) is 0.793. The van der Waals surface area contributed by atoms with Gasteiger partial charge in [0.15, 0.2) is 0 Å². The Kier molecular flexibility index (Phi) is 5.49. The van der Waals surface area contributed by atoms with Crippen LogP contribution in [0.1, 0.15) is 36.6 Å². The van der Waals surface area contributed by atoms with E-state index in [1.807, 2.05) is 35.4 Å². The summed E-state index contributed by atoms with van der Waals surface area (Å²) in [6.07, 6.45) is 11.7. The van der Waals surface area contributed by atoms with E-state index in [0.29, 0.717) is 5.76 Å². The quantitative estimate of drug-likeness (QED) is 0.817. The maximum absolute atomic E-state index is 12.5. The number of carbonyl (C=O) groups is 1. The normalized spacial score (nSPS) is 18.2. The lowest BCUT2D eigenvalue weighted by Crippen LogP contribution is -2.37. The van der Waals surface area contributed by atoms with Crippen molar-refractivity contribution >= 4 is 12.0 Å². The minimum atomic E-state index is 0. The number of amides is 1. The molecule has 0 saturated carbocycles. The second-order valence-corrected chi connectivity index (χ2v) is 5.18.